The van der Waals surface area contributed by atoms with Crippen LogP contribution in [0.3, 0.4) is 0 Å². The fourth-order valence-corrected chi connectivity index (χ4v) is 8.40. The minimum absolute atomic E-state index is 0.000514. The van der Waals surface area contributed by atoms with Crippen LogP contribution in [0.15, 0.2) is 0 Å². The lowest BCUT2D eigenvalue weighted by Crippen LogP contribution is -2.62. The van der Waals surface area contributed by atoms with E-state index in [0.29, 0.717) is 44.4 Å². The van der Waals surface area contributed by atoms with Crippen LogP contribution in [0.25, 0.3) is 0 Å². The van der Waals surface area contributed by atoms with Crippen LogP contribution in [0, 0.1) is 11.8 Å². The summed E-state index contributed by atoms with van der Waals surface area (Å²) in [6.45, 7) is 7.59. The Morgan fingerprint density at radius 3 is 1.62 bits per heavy atom. The molecule has 20 N–H and O–H groups in total. The molecule has 1 fully saturated rings. The first-order valence-electron chi connectivity index (χ1n) is 25.5. The van der Waals surface area contributed by atoms with Crippen LogP contribution >= 0.6 is 11.8 Å². The van der Waals surface area contributed by atoms with Gasteiger partial charge in [0, 0.05) is 13.0 Å². The molecule has 10 atom stereocenters. The molecule has 0 aromatic rings. The zero-order chi connectivity index (χ0) is 57.8. The SMILES string of the molecule is CSCC[C@H](N)C(=O)NCC(=O)N[C@@H](CCCCN)C(=O)N[C@H](C(=O)N[C@H](C(=O)N[C@@H](CC(N)=O)C(=O)N1CCC[C@H]1C(=O)N[C@H](C(=O)N[C@@H](CCC(N)=O)C(=O)N[C@@H](CCCCN)C(=O)O)[C@@H](C)O)C(C)C)C(C)C. The predicted molar refractivity (Wildman–Crippen MR) is 279 cm³/mol. The Hall–Kier alpha value is -6.17. The summed E-state index contributed by atoms with van der Waals surface area (Å²) in [4.78, 5) is 159. The van der Waals surface area contributed by atoms with Crippen molar-refractivity contribution in [2.45, 2.75) is 172 Å². The van der Waals surface area contributed by atoms with Crippen molar-refractivity contribution in [1.82, 2.24) is 47.4 Å². The molecule has 0 bridgehead atoms. The minimum atomic E-state index is -1.77. The average Bonchev–Trinajstić information content (AvgIpc) is 3.84. The van der Waals surface area contributed by atoms with E-state index in [4.69, 9.17) is 28.7 Å². The van der Waals surface area contributed by atoms with Crippen molar-refractivity contribution in [3.05, 3.63) is 0 Å². The van der Waals surface area contributed by atoms with Gasteiger partial charge in [-0.05, 0) is 108 Å². The van der Waals surface area contributed by atoms with E-state index in [0.717, 1.165) is 11.8 Å². The zero-order valence-corrected chi connectivity index (χ0v) is 45.3. The number of nitrogens with zero attached hydrogens (tertiary/aromatic N) is 1. The highest BCUT2D eigenvalue weighted by Gasteiger charge is 2.42. The van der Waals surface area contributed by atoms with Crippen molar-refractivity contribution < 1.29 is 67.7 Å². The first-order valence-corrected chi connectivity index (χ1v) is 26.9. The van der Waals surface area contributed by atoms with Gasteiger partial charge in [-0.15, -0.1) is 0 Å². The molecule has 11 amide bonds. The van der Waals surface area contributed by atoms with Crippen molar-refractivity contribution in [2.75, 3.05) is 38.2 Å². The second-order valence-corrected chi connectivity index (χ2v) is 20.4. The summed E-state index contributed by atoms with van der Waals surface area (Å²) in [5.74, 6) is -11.6. The van der Waals surface area contributed by atoms with Gasteiger partial charge in [-0.2, -0.15) is 11.8 Å². The second-order valence-electron chi connectivity index (χ2n) is 19.4. The number of carboxylic acid groups (broad SMARTS) is 1. The molecular weight excluding hydrogens is 1020 g/mol. The van der Waals surface area contributed by atoms with E-state index >= 15 is 0 Å². The largest absolute Gasteiger partial charge is 0.480 e. The zero-order valence-electron chi connectivity index (χ0n) is 44.5. The van der Waals surface area contributed by atoms with E-state index < -0.39 is 163 Å². The molecule has 76 heavy (non-hydrogen) atoms. The molecule has 0 saturated carbocycles. The number of rotatable bonds is 37. The van der Waals surface area contributed by atoms with Gasteiger partial charge in [0.05, 0.1) is 25.1 Å². The van der Waals surface area contributed by atoms with E-state index in [1.54, 1.807) is 27.7 Å². The Morgan fingerprint density at radius 1 is 0.605 bits per heavy atom. The number of aliphatic carboxylic acids is 1. The third-order valence-corrected chi connectivity index (χ3v) is 12.9. The molecule has 0 aromatic carbocycles. The molecule has 1 aliphatic heterocycles. The first kappa shape index (κ1) is 67.8. The Bertz CT molecular complexity index is 2000. The van der Waals surface area contributed by atoms with Gasteiger partial charge in [0.2, 0.25) is 65.0 Å². The molecule has 432 valence electrons. The smallest absolute Gasteiger partial charge is 0.326 e. The number of carbonyl (C=O) groups is 12. The van der Waals surface area contributed by atoms with Crippen LogP contribution in [0.4, 0.5) is 0 Å². The average molecular weight is 1100 g/mol. The van der Waals surface area contributed by atoms with E-state index in [1.807, 2.05) is 6.26 Å². The maximum absolute atomic E-state index is 14.2. The Labute approximate surface area is 447 Å². The predicted octanol–water partition coefficient (Wildman–Crippen LogP) is -5.26. The molecule has 1 rings (SSSR count). The van der Waals surface area contributed by atoms with Crippen molar-refractivity contribution >= 4 is 82.7 Å². The highest BCUT2D eigenvalue weighted by atomic mass is 32.2. The Balaban J connectivity index is 3.30. The number of aliphatic hydroxyl groups is 1. The van der Waals surface area contributed by atoms with Gasteiger partial charge in [0.15, 0.2) is 0 Å². The summed E-state index contributed by atoms with van der Waals surface area (Å²) in [5.41, 5.74) is 27.8. The number of unbranched alkanes of at least 4 members (excludes halogenated alkanes) is 2. The lowest BCUT2D eigenvalue weighted by molar-refractivity contribution is -0.144. The fraction of sp³-hybridized carbons (Fsp3) is 0.745. The lowest BCUT2D eigenvalue weighted by Gasteiger charge is -2.32. The quantitative estimate of drug-likeness (QED) is 0.0259. The second kappa shape index (κ2) is 35.2. The summed E-state index contributed by atoms with van der Waals surface area (Å²) < 4.78 is 0. The summed E-state index contributed by atoms with van der Waals surface area (Å²) in [6.07, 6.45) is 1.17. The van der Waals surface area contributed by atoms with Gasteiger partial charge in [0.1, 0.15) is 48.3 Å². The van der Waals surface area contributed by atoms with E-state index in [1.165, 1.54) is 11.8 Å². The Kier molecular flexibility index (Phi) is 31.4. The molecule has 1 heterocycles. The van der Waals surface area contributed by atoms with Crippen LogP contribution < -0.4 is 71.2 Å². The third kappa shape index (κ3) is 24.2. The Morgan fingerprint density at radius 2 is 1.11 bits per heavy atom. The summed E-state index contributed by atoms with van der Waals surface area (Å²) in [7, 11) is 0. The van der Waals surface area contributed by atoms with Crippen molar-refractivity contribution in [1.29, 1.82) is 0 Å². The molecule has 0 aliphatic carbocycles. The van der Waals surface area contributed by atoms with Crippen LogP contribution in [-0.4, -0.2) is 185 Å². The number of amides is 11. The fourth-order valence-electron chi connectivity index (χ4n) is 7.91. The van der Waals surface area contributed by atoms with E-state index in [-0.39, 0.29) is 45.2 Å². The van der Waals surface area contributed by atoms with Gasteiger partial charge >= 0.3 is 5.97 Å². The first-order chi connectivity index (χ1) is 35.7. The number of hydrogen-bond donors (Lipinski definition) is 15. The topological polar surface area (TPSA) is 475 Å². The van der Waals surface area contributed by atoms with Gasteiger partial charge < -0.3 is 86.3 Å². The van der Waals surface area contributed by atoms with Crippen LogP contribution in [0.2, 0.25) is 0 Å². The van der Waals surface area contributed by atoms with Crippen molar-refractivity contribution in [2.24, 2.45) is 40.5 Å². The van der Waals surface area contributed by atoms with E-state index in [9.17, 15) is 67.7 Å². The number of nitrogens with two attached hydrogens (primary N) is 5. The third-order valence-electron chi connectivity index (χ3n) is 12.3. The van der Waals surface area contributed by atoms with Crippen LogP contribution in [-0.2, 0) is 57.5 Å². The maximum Gasteiger partial charge on any atom is 0.326 e. The number of nitrogens with one attached hydrogen (secondary N) is 8. The summed E-state index contributed by atoms with van der Waals surface area (Å²) in [5, 5.41) is 40.1. The molecule has 0 aromatic heterocycles. The number of carboxylic acids is 1. The van der Waals surface area contributed by atoms with Gasteiger partial charge in [-0.25, -0.2) is 4.79 Å². The number of likely N-dealkylation sites (tertiary alicyclic amines) is 1. The molecule has 0 unspecified atom stereocenters. The standard InChI is InChI=1S/C47H84N14O14S/c1-24(2)36(59-44(71)37(25(3)4)58-41(68)28(12-7-9-18-48)54-35(65)23-53-39(66)27(50)17-21-76-6)43(70)57-31(22-34(52)64)46(73)61-20-11-14-32(61)42(69)60-38(26(5)62)45(72)55-29(15-16-33(51)63)40(67)56-30(47(74)75)13-8-10-19-49/h24-32,36-38,62H,7-23,48-50H2,1-6H3,(H2,51,63)(H2,52,64)(H,53,66)(H,54,65)(H,55,72)(H,56,67)(H,57,70)(H,58,68)(H,59,71)(H,60,69)(H,74,75)/t26-,27+,28+,29+,30+,31+,32+,36+,37+,38+/m1/s1. The summed E-state index contributed by atoms with van der Waals surface area (Å²) >= 11 is 1.50. The molecular formula is C47H84N14O14S. The molecule has 29 heteroatoms. The van der Waals surface area contributed by atoms with Crippen molar-refractivity contribution in [3.63, 3.8) is 0 Å². The molecule has 28 nitrogen and oxygen atoms in total. The maximum atomic E-state index is 14.2. The number of primary amides is 2. The van der Waals surface area contributed by atoms with Crippen LogP contribution in [0.1, 0.15) is 112 Å². The summed E-state index contributed by atoms with van der Waals surface area (Å²) in [6, 6.07) is -12.4. The number of hydrogen-bond acceptors (Lipinski definition) is 17. The molecule has 0 spiro atoms. The van der Waals surface area contributed by atoms with Crippen LogP contribution in [0.5, 0.6) is 0 Å². The molecule has 1 saturated heterocycles. The van der Waals surface area contributed by atoms with Gasteiger partial charge in [-0.3, -0.25) is 52.7 Å². The van der Waals surface area contributed by atoms with Gasteiger partial charge in [-0.1, -0.05) is 27.7 Å². The lowest BCUT2D eigenvalue weighted by atomic mass is 9.98. The van der Waals surface area contributed by atoms with Crippen molar-refractivity contribution in [3.8, 4) is 0 Å². The number of thioether (sulfide) groups is 1. The number of carbonyl (C=O) groups excluding carboxylic acids is 11. The highest BCUT2D eigenvalue weighted by molar-refractivity contribution is 7.98. The minimum Gasteiger partial charge on any atom is -0.480 e. The normalized spacial score (nSPS) is 16.8. The molecule has 1 aliphatic rings. The van der Waals surface area contributed by atoms with E-state index in [2.05, 4.69) is 42.5 Å². The monoisotopic (exact) mass is 1100 g/mol. The van der Waals surface area contributed by atoms with Gasteiger partial charge in [0.25, 0.3) is 0 Å². The molecule has 0 radical (unpaired) electrons. The highest BCUT2D eigenvalue weighted by Crippen LogP contribution is 2.21. The number of aliphatic hydroxyl groups excluding tert-OH is 1.